The molecule has 40 heavy (non-hydrogen) atoms. The summed E-state index contributed by atoms with van der Waals surface area (Å²) in [4.78, 5) is 32.3. The molecule has 7 nitrogen and oxygen atoms in total. The molecule has 1 N–H and O–H groups in total. The van der Waals surface area contributed by atoms with Crippen molar-refractivity contribution in [3.05, 3.63) is 88.1 Å². The van der Waals surface area contributed by atoms with Crippen molar-refractivity contribution >= 4 is 23.3 Å². The van der Waals surface area contributed by atoms with E-state index in [0.717, 1.165) is 41.2 Å². The first-order valence-electron chi connectivity index (χ1n) is 13.8. The van der Waals surface area contributed by atoms with Crippen molar-refractivity contribution in [1.29, 1.82) is 0 Å². The number of esters is 2. The monoisotopic (exact) mass is 567 g/mol. The lowest BCUT2D eigenvalue weighted by molar-refractivity contribution is -0.150. The number of hydrogen-bond acceptors (Lipinski definition) is 8. The van der Waals surface area contributed by atoms with Crippen LogP contribution in [0.4, 0.5) is 0 Å². The minimum atomic E-state index is -0.456. The van der Waals surface area contributed by atoms with Crippen LogP contribution in [-0.4, -0.2) is 60.7 Å². The van der Waals surface area contributed by atoms with Crippen molar-refractivity contribution in [2.75, 3.05) is 20.6 Å². The van der Waals surface area contributed by atoms with Crippen molar-refractivity contribution in [3.63, 3.8) is 0 Å². The molecule has 0 saturated carbocycles. The van der Waals surface area contributed by atoms with Crippen molar-refractivity contribution in [2.45, 2.75) is 78.0 Å². The maximum Gasteiger partial charge on any atom is 0.331 e. The Hall–Kier alpha value is -3.23. The molecule has 3 atom stereocenters. The highest BCUT2D eigenvalue weighted by Crippen LogP contribution is 2.18. The van der Waals surface area contributed by atoms with Crippen LogP contribution in [0.25, 0.3) is 0 Å². The van der Waals surface area contributed by atoms with Gasteiger partial charge >= 0.3 is 11.9 Å². The first-order valence-corrected chi connectivity index (χ1v) is 14.7. The summed E-state index contributed by atoms with van der Waals surface area (Å²) in [5.74, 6) is -0.713. The Morgan fingerprint density at radius 3 is 2.67 bits per heavy atom. The second-order valence-electron chi connectivity index (χ2n) is 10.5. The van der Waals surface area contributed by atoms with Gasteiger partial charge in [0.15, 0.2) is 0 Å². The SMILES string of the molecule is C=CN[C@H]1CCCc2csc(n2)C[C@@H](/C=C(C)/C=C/C(C)=C/CN(C)C)OC(=O)/C=C\C=C(/C)C[C@H](C)OC1=O. The first kappa shape index (κ1) is 33.0. The van der Waals surface area contributed by atoms with Crippen LogP contribution < -0.4 is 5.32 Å². The second kappa shape index (κ2) is 17.5. The number of thiazole rings is 1. The van der Waals surface area contributed by atoms with Gasteiger partial charge in [0.05, 0.1) is 10.7 Å². The summed E-state index contributed by atoms with van der Waals surface area (Å²) in [6.07, 6.45) is 17.1. The van der Waals surface area contributed by atoms with Crippen molar-refractivity contribution in [3.8, 4) is 0 Å². The fourth-order valence-corrected chi connectivity index (χ4v) is 4.97. The topological polar surface area (TPSA) is 80.8 Å². The lowest BCUT2D eigenvalue weighted by Gasteiger charge is -2.20. The lowest BCUT2D eigenvalue weighted by atomic mass is 10.1. The Balaban J connectivity index is 2.27. The van der Waals surface area contributed by atoms with Crippen LogP contribution in [0.15, 0.2) is 77.4 Å². The first-order chi connectivity index (χ1) is 19.0. The fourth-order valence-electron chi connectivity index (χ4n) is 4.09. The molecule has 2 heterocycles. The number of carbonyl (C=O) groups excluding carboxylic acids is 2. The summed E-state index contributed by atoms with van der Waals surface area (Å²) in [7, 11) is 4.08. The van der Waals surface area contributed by atoms with Crippen LogP contribution in [0.1, 0.15) is 57.7 Å². The number of nitrogens with one attached hydrogen (secondary N) is 1. The number of ether oxygens (including phenoxy) is 2. The number of likely N-dealkylation sites (N-methyl/N-ethyl adjacent to an activating group) is 1. The zero-order chi connectivity index (χ0) is 29.5. The second-order valence-corrected chi connectivity index (χ2v) is 11.4. The maximum atomic E-state index is 12.7. The Kier molecular flexibility index (Phi) is 14.4. The normalized spacial score (nSPS) is 24.8. The minimum absolute atomic E-state index is 0.293. The molecule has 0 fully saturated rings. The van der Waals surface area contributed by atoms with E-state index in [9.17, 15) is 9.59 Å². The number of nitrogens with zero attached hydrogens (tertiary/aromatic N) is 2. The minimum Gasteiger partial charge on any atom is -0.461 e. The van der Waals surface area contributed by atoms with E-state index in [-0.39, 0.29) is 12.1 Å². The third kappa shape index (κ3) is 13.2. The molecule has 0 saturated heterocycles. The number of cyclic esters (lactones) is 2. The van der Waals surface area contributed by atoms with Gasteiger partial charge in [0, 0.05) is 30.8 Å². The van der Waals surface area contributed by atoms with E-state index < -0.39 is 18.1 Å². The molecular weight excluding hydrogens is 522 g/mol. The van der Waals surface area contributed by atoms with Gasteiger partial charge in [-0.3, -0.25) is 0 Å². The molecule has 2 bridgehead atoms. The summed E-state index contributed by atoms with van der Waals surface area (Å²) < 4.78 is 11.5. The number of aryl methyl sites for hydroxylation is 1. The maximum absolute atomic E-state index is 12.7. The Labute approximate surface area is 244 Å². The van der Waals surface area contributed by atoms with Crippen molar-refractivity contribution in [2.24, 2.45) is 0 Å². The van der Waals surface area contributed by atoms with Gasteiger partial charge in [0.2, 0.25) is 0 Å². The fraction of sp³-hybridized carbons (Fsp3) is 0.469. The van der Waals surface area contributed by atoms with Gasteiger partial charge in [-0.25, -0.2) is 14.6 Å². The molecule has 0 radical (unpaired) electrons. The highest BCUT2D eigenvalue weighted by atomic mass is 32.1. The zero-order valence-corrected chi connectivity index (χ0v) is 25.6. The molecule has 0 spiro atoms. The van der Waals surface area contributed by atoms with E-state index in [1.54, 1.807) is 17.4 Å². The number of carbonyl (C=O) groups is 2. The Morgan fingerprint density at radius 1 is 1.20 bits per heavy atom. The highest BCUT2D eigenvalue weighted by molar-refractivity contribution is 7.09. The molecule has 0 amide bonds. The molecule has 8 heteroatoms. The molecule has 0 aliphatic carbocycles. The number of rotatable bonds is 7. The summed E-state index contributed by atoms with van der Waals surface area (Å²) in [5, 5.41) is 5.96. The van der Waals surface area contributed by atoms with Gasteiger partial charge in [0.25, 0.3) is 0 Å². The average molecular weight is 568 g/mol. The summed E-state index contributed by atoms with van der Waals surface area (Å²) in [6, 6.07) is -0.456. The third-order valence-electron chi connectivity index (χ3n) is 6.15. The van der Waals surface area contributed by atoms with Gasteiger partial charge in [-0.2, -0.15) is 0 Å². The van der Waals surface area contributed by atoms with Gasteiger partial charge < -0.3 is 19.7 Å². The van der Waals surface area contributed by atoms with Gasteiger partial charge in [-0.15, -0.1) is 11.3 Å². The molecule has 1 aliphatic heterocycles. The standard InChI is InChI=1S/C32H45N3O4S/c1-8-33-29-13-10-12-27-22-40-30(34-27)21-28(20-25(4)16-15-23(2)17-18-35(6)7)39-31(36)14-9-11-24(3)19-26(5)38-32(29)37/h8-9,11,14-17,20,22,26,28-29,33H,1,10,12-13,18-19,21H2,2-7H3/b14-9-,16-15+,23-17+,24-11+,25-20+/t26-,28+,29-/m0/s1. The van der Waals surface area contributed by atoms with Crippen molar-refractivity contribution in [1.82, 2.24) is 15.2 Å². The number of hydrogen-bond donors (Lipinski definition) is 1. The molecule has 1 aliphatic rings. The van der Waals surface area contributed by atoms with E-state index in [1.165, 1.54) is 17.8 Å². The van der Waals surface area contributed by atoms with E-state index in [4.69, 9.17) is 14.5 Å². The van der Waals surface area contributed by atoms with E-state index >= 15 is 0 Å². The van der Waals surface area contributed by atoms with E-state index in [2.05, 4.69) is 35.9 Å². The Bertz CT molecular complexity index is 1140. The number of allylic oxidation sites excluding steroid dienone is 6. The quantitative estimate of drug-likeness (QED) is 0.326. The third-order valence-corrected chi connectivity index (χ3v) is 7.07. The van der Waals surface area contributed by atoms with Gasteiger partial charge in [-0.1, -0.05) is 53.7 Å². The zero-order valence-electron chi connectivity index (χ0n) is 24.8. The molecule has 0 unspecified atom stereocenters. The summed E-state index contributed by atoms with van der Waals surface area (Å²) in [5.41, 5.74) is 4.12. The number of fused-ring (bicyclic) bond motifs is 2. The largest absolute Gasteiger partial charge is 0.461 e. The smallest absolute Gasteiger partial charge is 0.331 e. The van der Waals surface area contributed by atoms with Crippen LogP contribution in [0.3, 0.4) is 0 Å². The lowest BCUT2D eigenvalue weighted by Crippen LogP contribution is -2.36. The average Bonchev–Trinajstić information content (AvgIpc) is 3.31. The summed E-state index contributed by atoms with van der Waals surface area (Å²) in [6.45, 7) is 12.5. The van der Waals surface area contributed by atoms with Crippen LogP contribution >= 0.6 is 11.3 Å². The molecular formula is C32H45N3O4S. The molecule has 218 valence electrons. The van der Waals surface area contributed by atoms with E-state index in [0.29, 0.717) is 19.3 Å². The number of aromatic nitrogens is 1. The van der Waals surface area contributed by atoms with Crippen LogP contribution in [-0.2, 0) is 31.9 Å². The van der Waals surface area contributed by atoms with E-state index in [1.807, 2.05) is 58.5 Å². The predicted octanol–water partition coefficient (Wildman–Crippen LogP) is 5.87. The Morgan fingerprint density at radius 2 is 1.95 bits per heavy atom. The predicted molar refractivity (Wildman–Crippen MR) is 164 cm³/mol. The molecule has 0 aromatic carbocycles. The summed E-state index contributed by atoms with van der Waals surface area (Å²) >= 11 is 1.56. The van der Waals surface area contributed by atoms with Crippen LogP contribution in [0, 0.1) is 0 Å². The van der Waals surface area contributed by atoms with Crippen molar-refractivity contribution < 1.29 is 19.1 Å². The molecule has 1 aromatic heterocycles. The van der Waals surface area contributed by atoms with Gasteiger partial charge in [-0.05, 0) is 73.3 Å². The highest BCUT2D eigenvalue weighted by Gasteiger charge is 2.21. The van der Waals surface area contributed by atoms with Crippen LogP contribution in [0.2, 0.25) is 0 Å². The van der Waals surface area contributed by atoms with Crippen LogP contribution in [0.5, 0.6) is 0 Å². The molecule has 1 aromatic rings. The molecule has 2 rings (SSSR count). The van der Waals surface area contributed by atoms with Gasteiger partial charge in [0.1, 0.15) is 18.2 Å².